The third-order valence-corrected chi connectivity index (χ3v) is 4.17. The van der Waals surface area contributed by atoms with Crippen LogP contribution in [-0.2, 0) is 11.0 Å². The maximum Gasteiger partial charge on any atom is 0.437 e. The van der Waals surface area contributed by atoms with E-state index in [0.717, 1.165) is 4.90 Å². The second kappa shape index (κ2) is 7.33. The van der Waals surface area contributed by atoms with Crippen molar-refractivity contribution in [1.29, 1.82) is 0 Å². The normalized spacial score (nSPS) is 14.8. The molecule has 5 nitrogen and oxygen atoms in total. The van der Waals surface area contributed by atoms with Gasteiger partial charge in [0.1, 0.15) is 0 Å². The van der Waals surface area contributed by atoms with Gasteiger partial charge >= 0.3 is 6.18 Å². The Bertz CT molecular complexity index is 666. The van der Waals surface area contributed by atoms with E-state index in [1.807, 2.05) is 24.4 Å². The summed E-state index contributed by atoms with van der Waals surface area (Å²) in [6, 6.07) is 0. The number of thioether (sulfide) groups is 1. The third kappa shape index (κ3) is 4.14. The van der Waals surface area contributed by atoms with Gasteiger partial charge in [0, 0.05) is 26.3 Å². The summed E-state index contributed by atoms with van der Waals surface area (Å²) in [5.74, 6) is 0.184. The molecular weight excluding hydrogens is 341 g/mol. The standard InChI is InChI=1S/C15H19F3N4OS/c1-20-7-4-5-11(9-20)22-10-12(14(19-22)15(16,17)18)21(2)13(23)6-8-24-3/h4-5,7,10H,6,8-9H2,1-3H3. The lowest BCUT2D eigenvalue weighted by Gasteiger charge is -2.19. The summed E-state index contributed by atoms with van der Waals surface area (Å²) < 4.78 is 41.1. The van der Waals surface area contributed by atoms with E-state index < -0.39 is 11.9 Å². The molecule has 0 saturated heterocycles. The van der Waals surface area contributed by atoms with Crippen LogP contribution < -0.4 is 4.90 Å². The molecule has 0 radical (unpaired) electrons. The molecule has 0 bridgehead atoms. The van der Waals surface area contributed by atoms with E-state index in [9.17, 15) is 18.0 Å². The van der Waals surface area contributed by atoms with Gasteiger partial charge in [-0.05, 0) is 24.6 Å². The highest BCUT2D eigenvalue weighted by molar-refractivity contribution is 7.98. The Morgan fingerprint density at radius 2 is 2.17 bits per heavy atom. The van der Waals surface area contributed by atoms with Gasteiger partial charge in [-0.1, -0.05) is 0 Å². The number of rotatable bonds is 5. The Hall–Kier alpha value is -1.90. The van der Waals surface area contributed by atoms with E-state index in [1.165, 1.54) is 29.7 Å². The molecule has 0 saturated carbocycles. The molecule has 2 heterocycles. The van der Waals surface area contributed by atoms with Crippen molar-refractivity contribution in [2.24, 2.45) is 0 Å². The second-order valence-electron chi connectivity index (χ2n) is 5.42. The average molecular weight is 360 g/mol. The molecule has 1 amide bonds. The minimum absolute atomic E-state index is 0.175. The Morgan fingerprint density at radius 1 is 1.46 bits per heavy atom. The van der Waals surface area contributed by atoms with Gasteiger partial charge in [0.2, 0.25) is 5.91 Å². The predicted molar refractivity (Wildman–Crippen MR) is 89.7 cm³/mol. The van der Waals surface area contributed by atoms with Crippen molar-refractivity contribution in [3.05, 3.63) is 30.2 Å². The van der Waals surface area contributed by atoms with Crippen molar-refractivity contribution in [2.45, 2.75) is 12.6 Å². The lowest BCUT2D eigenvalue weighted by Crippen LogP contribution is -2.28. The van der Waals surface area contributed by atoms with Crippen LogP contribution in [0.1, 0.15) is 12.1 Å². The number of anilines is 1. The summed E-state index contributed by atoms with van der Waals surface area (Å²) >= 11 is 1.47. The first kappa shape index (κ1) is 18.4. The molecule has 132 valence electrons. The summed E-state index contributed by atoms with van der Waals surface area (Å²) in [5.41, 5.74) is -0.686. The molecule has 0 fully saturated rings. The number of hydrogen-bond donors (Lipinski definition) is 0. The second-order valence-corrected chi connectivity index (χ2v) is 6.40. The van der Waals surface area contributed by atoms with Gasteiger partial charge in [0.05, 0.1) is 24.1 Å². The Balaban J connectivity index is 2.37. The molecule has 0 N–H and O–H groups in total. The van der Waals surface area contributed by atoms with Crippen LogP contribution in [0.3, 0.4) is 0 Å². The van der Waals surface area contributed by atoms with E-state index in [4.69, 9.17) is 0 Å². The number of carbonyl (C=O) groups excluding carboxylic acids is 1. The van der Waals surface area contributed by atoms with E-state index in [-0.39, 0.29) is 18.0 Å². The van der Waals surface area contributed by atoms with Gasteiger partial charge < -0.3 is 9.80 Å². The first-order valence-corrected chi connectivity index (χ1v) is 8.63. The monoisotopic (exact) mass is 360 g/mol. The van der Waals surface area contributed by atoms with Crippen LogP contribution in [0, 0.1) is 0 Å². The molecular formula is C15H19F3N4OS. The number of hydrogen-bond acceptors (Lipinski definition) is 4. The molecule has 24 heavy (non-hydrogen) atoms. The van der Waals surface area contributed by atoms with Crippen molar-refractivity contribution in [1.82, 2.24) is 14.7 Å². The first-order chi connectivity index (χ1) is 11.2. The van der Waals surface area contributed by atoms with Crippen LogP contribution in [0.15, 0.2) is 24.5 Å². The van der Waals surface area contributed by atoms with E-state index in [0.29, 0.717) is 18.0 Å². The molecule has 0 spiro atoms. The van der Waals surface area contributed by atoms with Crippen LogP contribution in [0.4, 0.5) is 18.9 Å². The molecule has 9 heteroatoms. The minimum Gasteiger partial charge on any atom is -0.375 e. The van der Waals surface area contributed by atoms with Gasteiger partial charge in [-0.15, -0.1) is 0 Å². The fourth-order valence-corrected chi connectivity index (χ4v) is 2.64. The van der Waals surface area contributed by atoms with E-state index in [2.05, 4.69) is 5.10 Å². The Kier molecular flexibility index (Phi) is 5.63. The third-order valence-electron chi connectivity index (χ3n) is 3.55. The number of carbonyl (C=O) groups is 1. The van der Waals surface area contributed by atoms with Crippen molar-refractivity contribution in [3.63, 3.8) is 0 Å². The number of nitrogens with zero attached hydrogens (tertiary/aromatic N) is 4. The molecule has 2 rings (SSSR count). The molecule has 1 aliphatic heterocycles. The number of amides is 1. The molecule has 1 aromatic heterocycles. The Labute approximate surface area is 142 Å². The molecule has 1 aromatic rings. The highest BCUT2D eigenvalue weighted by Crippen LogP contribution is 2.36. The van der Waals surface area contributed by atoms with Crippen LogP contribution >= 0.6 is 11.8 Å². The highest BCUT2D eigenvalue weighted by atomic mass is 32.2. The number of likely N-dealkylation sites (N-methyl/N-ethyl adjacent to an activating group) is 1. The van der Waals surface area contributed by atoms with Crippen molar-refractivity contribution in [2.75, 3.05) is 37.5 Å². The van der Waals surface area contributed by atoms with Gasteiger partial charge in [0.15, 0.2) is 5.69 Å². The number of halogens is 3. The fourth-order valence-electron chi connectivity index (χ4n) is 2.26. The smallest absolute Gasteiger partial charge is 0.375 e. The summed E-state index contributed by atoms with van der Waals surface area (Å²) in [6.07, 6.45) is 3.90. The van der Waals surface area contributed by atoms with Crippen LogP contribution in [0.2, 0.25) is 0 Å². The van der Waals surface area contributed by atoms with Crippen LogP contribution in [-0.4, -0.2) is 53.2 Å². The summed E-state index contributed by atoms with van der Waals surface area (Å²) in [6.45, 7) is 0.430. The van der Waals surface area contributed by atoms with Gasteiger partial charge in [-0.25, -0.2) is 4.68 Å². The van der Waals surface area contributed by atoms with E-state index >= 15 is 0 Å². The van der Waals surface area contributed by atoms with Crippen molar-refractivity contribution in [3.8, 4) is 0 Å². The molecule has 0 aromatic carbocycles. The molecule has 0 aliphatic carbocycles. The largest absolute Gasteiger partial charge is 0.437 e. The summed E-state index contributed by atoms with van der Waals surface area (Å²) in [7, 11) is 3.16. The van der Waals surface area contributed by atoms with Crippen molar-refractivity contribution < 1.29 is 18.0 Å². The zero-order valence-corrected chi connectivity index (χ0v) is 14.5. The fraction of sp³-hybridized carbons (Fsp3) is 0.467. The van der Waals surface area contributed by atoms with E-state index in [1.54, 1.807) is 12.2 Å². The molecule has 0 unspecified atom stereocenters. The quantitative estimate of drug-likeness (QED) is 0.810. The number of aromatic nitrogens is 2. The van der Waals surface area contributed by atoms with Crippen LogP contribution in [0.25, 0.3) is 5.70 Å². The summed E-state index contributed by atoms with van der Waals surface area (Å²) in [4.78, 5) is 15.0. The van der Waals surface area contributed by atoms with Gasteiger partial charge in [-0.2, -0.15) is 30.0 Å². The van der Waals surface area contributed by atoms with Gasteiger partial charge in [-0.3, -0.25) is 4.79 Å². The maximum absolute atomic E-state index is 13.3. The molecule has 1 aliphatic rings. The summed E-state index contributed by atoms with van der Waals surface area (Å²) in [5, 5.41) is 3.69. The lowest BCUT2D eigenvalue weighted by molar-refractivity contribution is -0.140. The lowest BCUT2D eigenvalue weighted by atomic mass is 10.3. The average Bonchev–Trinajstić information content (AvgIpc) is 2.97. The topological polar surface area (TPSA) is 41.4 Å². The highest BCUT2D eigenvalue weighted by Gasteiger charge is 2.39. The first-order valence-electron chi connectivity index (χ1n) is 7.24. The number of alkyl halides is 3. The zero-order valence-electron chi connectivity index (χ0n) is 13.7. The zero-order chi connectivity index (χ0) is 17.9. The maximum atomic E-state index is 13.3. The number of allylic oxidation sites excluding steroid dienone is 2. The van der Waals surface area contributed by atoms with Gasteiger partial charge in [0.25, 0.3) is 0 Å². The Morgan fingerprint density at radius 3 is 2.75 bits per heavy atom. The minimum atomic E-state index is -4.63. The predicted octanol–water partition coefficient (Wildman–Crippen LogP) is 2.92. The van der Waals surface area contributed by atoms with Crippen molar-refractivity contribution >= 4 is 29.1 Å². The SMILES string of the molecule is CSCCC(=O)N(C)c1cn(C2=CC=CN(C)C2)nc1C(F)(F)F. The molecule has 0 atom stereocenters. The van der Waals surface area contributed by atoms with Crippen LogP contribution in [0.5, 0.6) is 0 Å².